The minimum atomic E-state index is -4.93. The van der Waals surface area contributed by atoms with Gasteiger partial charge in [0, 0.05) is 42.5 Å². The maximum Gasteiger partial charge on any atom is 0.421 e. The Kier molecular flexibility index (Phi) is 10.2. The van der Waals surface area contributed by atoms with Crippen molar-refractivity contribution < 1.29 is 37.0 Å². The van der Waals surface area contributed by atoms with Crippen molar-refractivity contribution in [2.24, 2.45) is 11.8 Å². The van der Waals surface area contributed by atoms with E-state index in [2.05, 4.69) is 38.1 Å². The van der Waals surface area contributed by atoms with Crippen LogP contribution < -0.4 is 15.0 Å². The lowest BCUT2D eigenvalue weighted by Gasteiger charge is -2.34. The summed E-state index contributed by atoms with van der Waals surface area (Å²) in [5.41, 5.74) is -1.11. The molecule has 0 atom stereocenters. The first-order valence-corrected chi connectivity index (χ1v) is 15.0. The van der Waals surface area contributed by atoms with Crippen LogP contribution >= 0.6 is 15.9 Å². The van der Waals surface area contributed by atoms with E-state index in [-0.39, 0.29) is 29.6 Å². The number of nitrogens with zero attached hydrogens (tertiary/aromatic N) is 3. The summed E-state index contributed by atoms with van der Waals surface area (Å²) in [6.07, 6.45) is -0.838. The predicted molar refractivity (Wildman–Crippen MR) is 160 cm³/mol. The fourth-order valence-electron chi connectivity index (χ4n) is 5.18. The highest BCUT2D eigenvalue weighted by Gasteiger charge is 2.37. The first-order chi connectivity index (χ1) is 20.6. The van der Waals surface area contributed by atoms with Gasteiger partial charge in [-0.25, -0.2) is 19.2 Å². The second-order valence-corrected chi connectivity index (χ2v) is 12.2. The summed E-state index contributed by atoms with van der Waals surface area (Å²) in [6, 6.07) is 5.42. The number of pyridine rings is 2. The number of aryl methyl sites for hydroxylation is 1. The van der Waals surface area contributed by atoms with E-state index in [9.17, 15) is 27.9 Å². The van der Waals surface area contributed by atoms with E-state index in [1.165, 1.54) is 4.90 Å². The lowest BCUT2D eigenvalue weighted by atomic mass is 9.82. The fraction of sp³-hybridized carbons (Fsp3) is 0.419. The summed E-state index contributed by atoms with van der Waals surface area (Å²) in [4.78, 5) is 35.1. The molecular weight excluding hydrogens is 648 g/mol. The Morgan fingerprint density at radius 3 is 2.45 bits per heavy atom. The number of alkyl halides is 3. The summed E-state index contributed by atoms with van der Waals surface area (Å²) < 4.78 is 63.6. The van der Waals surface area contributed by atoms with Crippen LogP contribution in [0.4, 0.5) is 29.1 Å². The van der Waals surface area contributed by atoms with Crippen molar-refractivity contribution in [3.63, 3.8) is 0 Å². The fourth-order valence-corrected chi connectivity index (χ4v) is 5.54. The minimum absolute atomic E-state index is 0.0589. The molecule has 0 unspecified atom stereocenters. The number of anilines is 2. The molecule has 8 nitrogen and oxygen atoms in total. The van der Waals surface area contributed by atoms with Gasteiger partial charge in [-0.3, -0.25) is 4.79 Å². The van der Waals surface area contributed by atoms with Gasteiger partial charge in [0.1, 0.15) is 11.4 Å². The molecule has 2 aromatic heterocycles. The zero-order valence-corrected chi connectivity index (χ0v) is 26.2. The number of aromatic carboxylic acids is 1. The zero-order valence-electron chi connectivity index (χ0n) is 24.6. The van der Waals surface area contributed by atoms with Crippen molar-refractivity contribution in [1.82, 2.24) is 9.97 Å². The molecule has 0 aliphatic heterocycles. The SMILES string of the molecule is Cc1ccc(Br)c(NCc2cnc(Oc3cc(C(=O)O)c(N(C(=O)[C@H]4CC[C@H](C)CC4)C(C)C)cc3F)c(C(F)(F)F)c2)n1. The number of aromatic nitrogens is 2. The largest absolute Gasteiger partial charge is 0.478 e. The van der Waals surface area contributed by atoms with Gasteiger partial charge in [-0.15, -0.1) is 0 Å². The van der Waals surface area contributed by atoms with Gasteiger partial charge in [0.2, 0.25) is 11.8 Å². The van der Waals surface area contributed by atoms with E-state index < -0.39 is 46.8 Å². The Labute approximate surface area is 261 Å². The van der Waals surface area contributed by atoms with Crippen LogP contribution in [0.1, 0.15) is 73.6 Å². The quantitative estimate of drug-likeness (QED) is 0.219. The molecule has 13 heteroatoms. The van der Waals surface area contributed by atoms with Crippen LogP contribution in [0.25, 0.3) is 0 Å². The van der Waals surface area contributed by atoms with Gasteiger partial charge >= 0.3 is 12.1 Å². The van der Waals surface area contributed by atoms with Crippen molar-refractivity contribution >= 4 is 39.3 Å². The Hall–Kier alpha value is -3.74. The number of ether oxygens (including phenoxy) is 1. The van der Waals surface area contributed by atoms with Gasteiger partial charge in [-0.05, 0) is 92.1 Å². The number of rotatable bonds is 9. The van der Waals surface area contributed by atoms with Gasteiger partial charge in [-0.1, -0.05) is 6.92 Å². The number of carboxylic acids is 1. The van der Waals surface area contributed by atoms with Gasteiger partial charge in [0.15, 0.2) is 11.6 Å². The molecule has 44 heavy (non-hydrogen) atoms. The zero-order chi connectivity index (χ0) is 32.3. The molecule has 4 rings (SSSR count). The summed E-state index contributed by atoms with van der Waals surface area (Å²) in [5, 5.41) is 12.9. The maximum atomic E-state index is 15.5. The molecule has 1 fully saturated rings. The van der Waals surface area contributed by atoms with Crippen LogP contribution in [-0.2, 0) is 17.5 Å². The number of hydrogen-bond donors (Lipinski definition) is 2. The second-order valence-electron chi connectivity index (χ2n) is 11.3. The number of nitrogens with one attached hydrogen (secondary N) is 1. The molecule has 2 heterocycles. The predicted octanol–water partition coefficient (Wildman–Crippen LogP) is 8.38. The third kappa shape index (κ3) is 7.66. The molecule has 2 N–H and O–H groups in total. The minimum Gasteiger partial charge on any atom is -0.478 e. The summed E-state index contributed by atoms with van der Waals surface area (Å²) in [5.74, 6) is -4.13. The lowest BCUT2D eigenvalue weighted by Crippen LogP contribution is -2.43. The summed E-state index contributed by atoms with van der Waals surface area (Å²) in [7, 11) is 0. The van der Waals surface area contributed by atoms with Gasteiger partial charge in [-0.2, -0.15) is 13.2 Å². The highest BCUT2D eigenvalue weighted by atomic mass is 79.9. The number of amides is 1. The average molecular weight is 682 g/mol. The van der Waals surface area contributed by atoms with Crippen molar-refractivity contribution in [2.75, 3.05) is 10.2 Å². The number of benzene rings is 1. The maximum absolute atomic E-state index is 15.5. The van der Waals surface area contributed by atoms with Gasteiger partial charge < -0.3 is 20.1 Å². The van der Waals surface area contributed by atoms with Gasteiger partial charge in [0.05, 0.1) is 15.7 Å². The van der Waals surface area contributed by atoms with E-state index in [4.69, 9.17) is 4.74 Å². The van der Waals surface area contributed by atoms with E-state index in [0.717, 1.165) is 37.2 Å². The summed E-state index contributed by atoms with van der Waals surface area (Å²) in [6.45, 7) is 7.17. The highest BCUT2D eigenvalue weighted by Crippen LogP contribution is 2.40. The number of carbonyl (C=O) groups excluding carboxylic acids is 1. The van der Waals surface area contributed by atoms with E-state index in [1.54, 1.807) is 32.9 Å². The van der Waals surface area contributed by atoms with Crippen LogP contribution in [0.5, 0.6) is 11.6 Å². The average Bonchev–Trinajstić information content (AvgIpc) is 2.94. The van der Waals surface area contributed by atoms with Crippen LogP contribution in [0.2, 0.25) is 0 Å². The normalized spacial score (nSPS) is 17.0. The van der Waals surface area contributed by atoms with Crippen LogP contribution in [0.3, 0.4) is 0 Å². The van der Waals surface area contributed by atoms with Crippen molar-refractivity contribution in [2.45, 2.75) is 72.1 Å². The first-order valence-electron chi connectivity index (χ1n) is 14.2. The molecule has 236 valence electrons. The molecule has 0 radical (unpaired) electrons. The third-order valence-corrected chi connectivity index (χ3v) is 8.16. The smallest absolute Gasteiger partial charge is 0.421 e. The summed E-state index contributed by atoms with van der Waals surface area (Å²) >= 11 is 3.33. The molecule has 1 aromatic carbocycles. The number of halogens is 5. The molecular formula is C31H33BrF4N4O4. The van der Waals surface area contributed by atoms with Crippen molar-refractivity contribution in [3.05, 3.63) is 69.2 Å². The lowest BCUT2D eigenvalue weighted by molar-refractivity contribution is -0.139. The molecule has 3 aromatic rings. The number of carboxylic acid groups (broad SMARTS) is 1. The topological polar surface area (TPSA) is 105 Å². The standard InChI is InChI=1S/C31H33BrF4N4O4/c1-16(2)40(29(41)20-8-5-17(3)6-9-20)25-13-24(33)26(12-21(25)30(42)43)44-28-22(31(34,35)36)11-19(15-38-28)14-37-27-23(32)10-7-18(4)39-27/h7,10-13,15-17,20H,5-6,8-9,14H2,1-4H3,(H,37,39)(H,42,43)/t17-,20-. The Morgan fingerprint density at radius 2 is 1.84 bits per heavy atom. The van der Waals surface area contributed by atoms with Gasteiger partial charge in [0.25, 0.3) is 0 Å². The van der Waals surface area contributed by atoms with Crippen molar-refractivity contribution in [3.8, 4) is 11.6 Å². The third-order valence-electron chi connectivity index (χ3n) is 7.52. The Bertz CT molecular complexity index is 1540. The molecule has 1 aliphatic rings. The number of hydrogen-bond acceptors (Lipinski definition) is 6. The van der Waals surface area contributed by atoms with E-state index in [0.29, 0.717) is 34.7 Å². The van der Waals surface area contributed by atoms with Crippen molar-refractivity contribution in [1.29, 1.82) is 0 Å². The molecule has 1 amide bonds. The van der Waals surface area contributed by atoms with E-state index >= 15 is 4.39 Å². The molecule has 1 saturated carbocycles. The molecule has 1 aliphatic carbocycles. The molecule has 0 spiro atoms. The van der Waals surface area contributed by atoms with Crippen LogP contribution in [0.15, 0.2) is 41.0 Å². The number of carbonyl (C=O) groups is 2. The highest BCUT2D eigenvalue weighted by molar-refractivity contribution is 9.10. The Morgan fingerprint density at radius 1 is 1.16 bits per heavy atom. The van der Waals surface area contributed by atoms with E-state index in [1.807, 2.05) is 0 Å². The first kappa shape index (κ1) is 33.2. The molecule has 0 saturated heterocycles. The molecule has 0 bridgehead atoms. The Balaban J connectivity index is 1.66. The van der Waals surface area contributed by atoms with Crippen LogP contribution in [-0.4, -0.2) is 33.0 Å². The monoisotopic (exact) mass is 680 g/mol. The second kappa shape index (κ2) is 13.5. The van der Waals surface area contributed by atoms with Crippen LogP contribution in [0, 0.1) is 24.6 Å².